The molecule has 0 aliphatic carbocycles. The zero-order valence-electron chi connectivity index (χ0n) is 19.2. The van der Waals surface area contributed by atoms with Crippen LogP contribution < -0.4 is 21.6 Å². The molecule has 0 spiro atoms. The molecular formula is C26H28ClN5O3. The lowest BCUT2D eigenvalue weighted by Gasteiger charge is -2.40. The number of nitrogens with one attached hydrogen (secondary N) is 1. The Labute approximate surface area is 209 Å². The number of rotatable bonds is 7. The van der Waals surface area contributed by atoms with Gasteiger partial charge in [-0.15, -0.1) is 12.4 Å². The van der Waals surface area contributed by atoms with E-state index in [1.807, 2.05) is 42.6 Å². The molecule has 2 aromatic heterocycles. The predicted molar refractivity (Wildman–Crippen MR) is 141 cm³/mol. The van der Waals surface area contributed by atoms with Crippen LogP contribution in [-0.4, -0.2) is 54.6 Å². The molecule has 0 saturated carbocycles. The van der Waals surface area contributed by atoms with E-state index in [0.29, 0.717) is 18.7 Å². The van der Waals surface area contributed by atoms with Gasteiger partial charge in [0.2, 0.25) is 5.91 Å². The van der Waals surface area contributed by atoms with Gasteiger partial charge in [-0.1, -0.05) is 36.4 Å². The Morgan fingerprint density at radius 2 is 1.86 bits per heavy atom. The minimum atomic E-state index is -0.390. The summed E-state index contributed by atoms with van der Waals surface area (Å²) in [4.78, 5) is 33.1. The molecule has 182 valence electrons. The lowest BCUT2D eigenvalue weighted by Crippen LogP contribution is -2.58. The van der Waals surface area contributed by atoms with Crippen molar-refractivity contribution in [1.29, 1.82) is 0 Å². The van der Waals surface area contributed by atoms with Gasteiger partial charge in [-0.2, -0.15) is 0 Å². The predicted octanol–water partition coefficient (Wildman–Crippen LogP) is 3.24. The number of piperazine rings is 1. The van der Waals surface area contributed by atoms with Crippen molar-refractivity contribution in [2.75, 3.05) is 42.9 Å². The van der Waals surface area contributed by atoms with Crippen LogP contribution in [0.5, 0.6) is 0 Å². The van der Waals surface area contributed by atoms with Crippen LogP contribution in [0.3, 0.4) is 0 Å². The molecule has 1 aliphatic rings. The number of carbonyl (C=O) groups is 1. The summed E-state index contributed by atoms with van der Waals surface area (Å²) in [5, 5.41) is 6.41. The van der Waals surface area contributed by atoms with Crippen LogP contribution in [0.4, 0.5) is 11.5 Å². The average molecular weight is 494 g/mol. The van der Waals surface area contributed by atoms with Crippen LogP contribution in [0.2, 0.25) is 0 Å². The van der Waals surface area contributed by atoms with E-state index in [2.05, 4.69) is 32.2 Å². The number of nitrogens with two attached hydrogens (primary N) is 1. The summed E-state index contributed by atoms with van der Waals surface area (Å²) in [5.41, 5.74) is 6.73. The standard InChI is InChI=1S/C26H27N5O3.ClH/c27-25(33)22-17-31(26-19-7-2-1-6-18(19)10-12-29-26)15-14-30(22)13-5-11-28-21-16-24(32)34-23-9-4-3-8-20(21)23;/h1-4,6-10,12,16,22,28H,5,11,13-15,17H2,(H2,27,33);1H. The second-order valence-corrected chi connectivity index (χ2v) is 8.51. The number of primary amides is 1. The number of fused-ring (bicyclic) bond motifs is 2. The first-order chi connectivity index (χ1) is 16.6. The molecule has 0 radical (unpaired) electrons. The Hall–Kier alpha value is -3.62. The van der Waals surface area contributed by atoms with Crippen molar-refractivity contribution in [3.05, 3.63) is 77.3 Å². The van der Waals surface area contributed by atoms with Crippen molar-refractivity contribution in [3.8, 4) is 0 Å². The second kappa shape index (κ2) is 10.8. The van der Waals surface area contributed by atoms with Gasteiger partial charge in [-0.25, -0.2) is 9.78 Å². The monoisotopic (exact) mass is 493 g/mol. The summed E-state index contributed by atoms with van der Waals surface area (Å²) in [6.45, 7) is 3.37. The number of aromatic nitrogens is 1. The minimum absolute atomic E-state index is 0. The van der Waals surface area contributed by atoms with Crippen molar-refractivity contribution in [2.45, 2.75) is 12.5 Å². The molecule has 3 heterocycles. The maximum absolute atomic E-state index is 12.3. The second-order valence-electron chi connectivity index (χ2n) is 8.51. The normalized spacial score (nSPS) is 16.2. The average Bonchev–Trinajstić information content (AvgIpc) is 2.86. The van der Waals surface area contributed by atoms with Gasteiger partial charge in [-0.05, 0) is 30.0 Å². The van der Waals surface area contributed by atoms with Crippen molar-refractivity contribution >= 4 is 51.6 Å². The zero-order valence-corrected chi connectivity index (χ0v) is 20.0. The number of amides is 1. The molecular weight excluding hydrogens is 466 g/mol. The Balaban J connectivity index is 0.00000289. The lowest BCUT2D eigenvalue weighted by molar-refractivity contribution is -0.123. The number of hydrogen-bond donors (Lipinski definition) is 2. The first kappa shape index (κ1) is 24.5. The van der Waals surface area contributed by atoms with Gasteiger partial charge in [0, 0.05) is 55.8 Å². The largest absolute Gasteiger partial charge is 0.423 e. The molecule has 8 nitrogen and oxygen atoms in total. The molecule has 1 saturated heterocycles. The number of nitrogens with zero attached hydrogens (tertiary/aromatic N) is 3. The molecule has 1 amide bonds. The Morgan fingerprint density at radius 3 is 2.69 bits per heavy atom. The highest BCUT2D eigenvalue weighted by Crippen LogP contribution is 2.26. The maximum Gasteiger partial charge on any atom is 0.338 e. The fraction of sp³-hybridized carbons (Fsp3) is 0.269. The molecule has 5 rings (SSSR count). The van der Waals surface area contributed by atoms with Gasteiger partial charge in [0.15, 0.2) is 0 Å². The van der Waals surface area contributed by atoms with Gasteiger partial charge in [-0.3, -0.25) is 9.69 Å². The summed E-state index contributed by atoms with van der Waals surface area (Å²) >= 11 is 0. The molecule has 1 fully saturated rings. The SMILES string of the molecule is Cl.NC(=O)C1CN(c2nccc3ccccc23)CCN1CCCNc1cc(=O)oc2ccccc12. The quantitative estimate of drug-likeness (QED) is 0.301. The van der Waals surface area contributed by atoms with Crippen LogP contribution in [0.1, 0.15) is 6.42 Å². The van der Waals surface area contributed by atoms with Gasteiger partial charge in [0.05, 0.1) is 5.69 Å². The van der Waals surface area contributed by atoms with Crippen LogP contribution >= 0.6 is 12.4 Å². The minimum Gasteiger partial charge on any atom is -0.423 e. The van der Waals surface area contributed by atoms with E-state index in [4.69, 9.17) is 10.2 Å². The van der Waals surface area contributed by atoms with E-state index in [-0.39, 0.29) is 30.0 Å². The molecule has 1 unspecified atom stereocenters. The van der Waals surface area contributed by atoms with Crippen LogP contribution in [0, 0.1) is 0 Å². The summed E-state index contributed by atoms with van der Waals surface area (Å²) in [7, 11) is 0. The molecule has 4 aromatic rings. The number of carbonyl (C=O) groups excluding carboxylic acids is 1. The third-order valence-electron chi connectivity index (χ3n) is 6.36. The van der Waals surface area contributed by atoms with Gasteiger partial charge in [0.1, 0.15) is 17.4 Å². The number of pyridine rings is 1. The van der Waals surface area contributed by atoms with Crippen molar-refractivity contribution in [2.24, 2.45) is 5.73 Å². The van der Waals surface area contributed by atoms with Gasteiger partial charge < -0.3 is 20.4 Å². The Morgan fingerprint density at radius 1 is 1.09 bits per heavy atom. The van der Waals surface area contributed by atoms with Crippen LogP contribution in [0.25, 0.3) is 21.7 Å². The van der Waals surface area contributed by atoms with Crippen LogP contribution in [-0.2, 0) is 4.79 Å². The fourth-order valence-electron chi connectivity index (χ4n) is 4.67. The summed E-state index contributed by atoms with van der Waals surface area (Å²) < 4.78 is 5.25. The van der Waals surface area contributed by atoms with Gasteiger partial charge >= 0.3 is 5.63 Å². The first-order valence-corrected chi connectivity index (χ1v) is 11.5. The van der Waals surface area contributed by atoms with E-state index in [0.717, 1.165) is 53.7 Å². The number of halogens is 1. The maximum atomic E-state index is 12.3. The first-order valence-electron chi connectivity index (χ1n) is 11.5. The molecule has 2 aromatic carbocycles. The highest BCUT2D eigenvalue weighted by molar-refractivity contribution is 5.92. The zero-order chi connectivity index (χ0) is 23.5. The van der Waals surface area contributed by atoms with Crippen LogP contribution in [0.15, 0.2) is 76.1 Å². The number of para-hydroxylation sites is 1. The van der Waals surface area contributed by atoms with E-state index in [1.165, 1.54) is 6.07 Å². The highest BCUT2D eigenvalue weighted by Gasteiger charge is 2.31. The van der Waals surface area contributed by atoms with Crippen molar-refractivity contribution in [3.63, 3.8) is 0 Å². The molecule has 1 atom stereocenters. The molecule has 9 heteroatoms. The topological polar surface area (TPSA) is 105 Å². The van der Waals surface area contributed by atoms with Gasteiger partial charge in [0.25, 0.3) is 0 Å². The Kier molecular flexibility index (Phi) is 7.53. The van der Waals surface area contributed by atoms with Crippen molar-refractivity contribution in [1.82, 2.24) is 9.88 Å². The molecule has 3 N–H and O–H groups in total. The molecule has 1 aliphatic heterocycles. The Bertz CT molecular complexity index is 1390. The summed E-state index contributed by atoms with van der Waals surface area (Å²) in [6.07, 6.45) is 2.60. The van der Waals surface area contributed by atoms with E-state index < -0.39 is 0 Å². The third-order valence-corrected chi connectivity index (χ3v) is 6.36. The lowest BCUT2D eigenvalue weighted by atomic mass is 10.1. The number of anilines is 2. The summed E-state index contributed by atoms with van der Waals surface area (Å²) in [5.74, 6) is 0.560. The molecule has 35 heavy (non-hydrogen) atoms. The van der Waals surface area contributed by atoms with E-state index >= 15 is 0 Å². The number of benzene rings is 2. The smallest absolute Gasteiger partial charge is 0.338 e. The third kappa shape index (κ3) is 5.23. The fourth-order valence-corrected chi connectivity index (χ4v) is 4.67. The summed E-state index contributed by atoms with van der Waals surface area (Å²) in [6, 6.07) is 18.7. The number of hydrogen-bond acceptors (Lipinski definition) is 7. The van der Waals surface area contributed by atoms with Crippen molar-refractivity contribution < 1.29 is 9.21 Å². The molecule has 0 bridgehead atoms. The van der Waals surface area contributed by atoms with E-state index in [1.54, 1.807) is 6.07 Å². The van der Waals surface area contributed by atoms with E-state index in [9.17, 15) is 9.59 Å². The highest BCUT2D eigenvalue weighted by atomic mass is 35.5.